The molecule has 0 saturated heterocycles. The Labute approximate surface area is 174 Å². The largest absolute Gasteiger partial charge is 0.494 e. The van der Waals surface area contributed by atoms with Crippen LogP contribution in [0.25, 0.3) is 11.1 Å². The van der Waals surface area contributed by atoms with E-state index in [-0.39, 0.29) is 11.6 Å². The first-order valence-corrected chi connectivity index (χ1v) is 11.0. The van der Waals surface area contributed by atoms with Crippen molar-refractivity contribution in [2.75, 3.05) is 6.61 Å². The molecule has 1 aliphatic carbocycles. The van der Waals surface area contributed by atoms with Gasteiger partial charge in [-0.3, -0.25) is 9.59 Å². The van der Waals surface area contributed by atoms with E-state index in [1.807, 2.05) is 36.4 Å². The summed E-state index contributed by atoms with van der Waals surface area (Å²) in [5, 5.41) is 0. The molecule has 3 heteroatoms. The van der Waals surface area contributed by atoms with Crippen LogP contribution in [0.4, 0.5) is 0 Å². The number of ether oxygens (including phenoxy) is 1. The van der Waals surface area contributed by atoms with Crippen molar-refractivity contribution in [2.45, 2.75) is 58.8 Å². The summed E-state index contributed by atoms with van der Waals surface area (Å²) in [7, 11) is 0. The van der Waals surface area contributed by atoms with E-state index in [2.05, 4.69) is 26.0 Å². The van der Waals surface area contributed by atoms with E-state index < -0.39 is 5.92 Å². The van der Waals surface area contributed by atoms with Crippen molar-refractivity contribution in [3.8, 4) is 16.9 Å². The lowest BCUT2D eigenvalue weighted by Gasteiger charge is -2.25. The summed E-state index contributed by atoms with van der Waals surface area (Å²) in [6.45, 7) is 5.02. The third-order valence-corrected chi connectivity index (χ3v) is 5.99. The van der Waals surface area contributed by atoms with Gasteiger partial charge in [-0.15, -0.1) is 0 Å². The van der Waals surface area contributed by atoms with Gasteiger partial charge in [0.15, 0.2) is 0 Å². The van der Waals surface area contributed by atoms with Gasteiger partial charge in [0, 0.05) is 12.8 Å². The minimum absolute atomic E-state index is 0.0749. The average Bonchev–Trinajstić information content (AvgIpc) is 2.75. The molecule has 0 aromatic heterocycles. The molecule has 2 aromatic rings. The molecule has 2 atom stereocenters. The van der Waals surface area contributed by atoms with Gasteiger partial charge in [-0.25, -0.2) is 0 Å². The molecule has 2 unspecified atom stereocenters. The van der Waals surface area contributed by atoms with Crippen molar-refractivity contribution in [3.05, 3.63) is 54.1 Å². The number of carbonyl (C=O) groups is 2. The Morgan fingerprint density at radius 1 is 0.966 bits per heavy atom. The second-order valence-electron chi connectivity index (χ2n) is 8.14. The third kappa shape index (κ3) is 5.79. The summed E-state index contributed by atoms with van der Waals surface area (Å²) >= 11 is 0. The molecule has 0 amide bonds. The smallest absolute Gasteiger partial charge is 0.147 e. The zero-order valence-corrected chi connectivity index (χ0v) is 17.7. The molecule has 2 aromatic carbocycles. The van der Waals surface area contributed by atoms with E-state index in [0.29, 0.717) is 18.8 Å². The van der Waals surface area contributed by atoms with Crippen LogP contribution in [-0.4, -0.2) is 18.2 Å². The zero-order valence-electron chi connectivity index (χ0n) is 17.7. The molecule has 0 heterocycles. The maximum absolute atomic E-state index is 12.6. The summed E-state index contributed by atoms with van der Waals surface area (Å²) in [4.78, 5) is 25.0. The molecule has 0 radical (unpaired) electrons. The van der Waals surface area contributed by atoms with Crippen molar-refractivity contribution >= 4 is 11.6 Å². The van der Waals surface area contributed by atoms with E-state index >= 15 is 0 Å². The van der Waals surface area contributed by atoms with Crippen LogP contribution in [0.5, 0.6) is 5.75 Å². The molecular formula is C26H32O3. The van der Waals surface area contributed by atoms with Gasteiger partial charge in [-0.05, 0) is 54.0 Å². The number of hydrogen-bond donors (Lipinski definition) is 0. The highest BCUT2D eigenvalue weighted by Gasteiger charge is 2.32. The van der Waals surface area contributed by atoms with Gasteiger partial charge < -0.3 is 4.74 Å². The first kappa shape index (κ1) is 21.3. The quantitative estimate of drug-likeness (QED) is 0.386. The number of ketones is 2. The van der Waals surface area contributed by atoms with Crippen LogP contribution >= 0.6 is 0 Å². The predicted octanol–water partition coefficient (Wildman–Crippen LogP) is 6.04. The summed E-state index contributed by atoms with van der Waals surface area (Å²) in [5.74, 6) is 1.19. The van der Waals surface area contributed by atoms with Crippen LogP contribution < -0.4 is 4.74 Å². The van der Waals surface area contributed by atoms with Gasteiger partial charge in [0.05, 0.1) is 12.5 Å². The van der Waals surface area contributed by atoms with Crippen LogP contribution in [0.2, 0.25) is 0 Å². The second kappa shape index (κ2) is 10.4. The van der Waals surface area contributed by atoms with E-state index in [1.165, 1.54) is 0 Å². The van der Waals surface area contributed by atoms with Crippen LogP contribution in [0, 0.1) is 11.8 Å². The summed E-state index contributed by atoms with van der Waals surface area (Å²) in [6, 6.07) is 16.2. The topological polar surface area (TPSA) is 43.4 Å². The maximum Gasteiger partial charge on any atom is 0.147 e. The van der Waals surface area contributed by atoms with E-state index in [1.54, 1.807) is 0 Å². The molecule has 154 valence electrons. The lowest BCUT2D eigenvalue weighted by atomic mass is 9.77. The Kier molecular flexibility index (Phi) is 7.62. The van der Waals surface area contributed by atoms with E-state index in [9.17, 15) is 9.59 Å². The Hall–Kier alpha value is -2.42. The minimum atomic E-state index is -0.391. The molecule has 3 nitrogen and oxygen atoms in total. The Morgan fingerprint density at radius 3 is 2.21 bits per heavy atom. The first-order valence-electron chi connectivity index (χ1n) is 11.0. The molecule has 29 heavy (non-hydrogen) atoms. The third-order valence-electron chi connectivity index (χ3n) is 5.99. The number of benzene rings is 2. The van der Waals surface area contributed by atoms with Crippen molar-refractivity contribution < 1.29 is 14.3 Å². The number of unbranched alkanes of at least 4 members (excludes halogenated alkanes) is 1. The van der Waals surface area contributed by atoms with Crippen molar-refractivity contribution in [1.29, 1.82) is 0 Å². The van der Waals surface area contributed by atoms with Crippen LogP contribution in [0.1, 0.15) is 57.9 Å². The fourth-order valence-corrected chi connectivity index (χ4v) is 4.00. The van der Waals surface area contributed by atoms with Crippen molar-refractivity contribution in [1.82, 2.24) is 0 Å². The van der Waals surface area contributed by atoms with Gasteiger partial charge in [0.25, 0.3) is 0 Å². The fraction of sp³-hybridized carbons (Fsp3) is 0.462. The number of Topliss-reactive ketones (excluding diaryl/α,β-unsaturated/α-hetero) is 2. The fourth-order valence-electron chi connectivity index (χ4n) is 4.00. The van der Waals surface area contributed by atoms with Gasteiger partial charge in [0.2, 0.25) is 0 Å². The van der Waals surface area contributed by atoms with Gasteiger partial charge in [-0.2, -0.15) is 0 Å². The molecule has 0 N–H and O–H groups in total. The van der Waals surface area contributed by atoms with Crippen molar-refractivity contribution in [3.63, 3.8) is 0 Å². The summed E-state index contributed by atoms with van der Waals surface area (Å²) in [5.41, 5.74) is 3.21. The molecule has 0 aliphatic heterocycles. The van der Waals surface area contributed by atoms with Gasteiger partial charge in [0.1, 0.15) is 17.3 Å². The normalized spacial score (nSPS) is 19.2. The number of carbonyl (C=O) groups excluding carboxylic acids is 2. The Bertz CT molecular complexity index is 805. The molecular weight excluding hydrogens is 360 g/mol. The maximum atomic E-state index is 12.6. The molecule has 0 bridgehead atoms. The molecule has 1 aliphatic rings. The Morgan fingerprint density at radius 2 is 1.62 bits per heavy atom. The average molecular weight is 393 g/mol. The van der Waals surface area contributed by atoms with Gasteiger partial charge >= 0.3 is 0 Å². The molecule has 1 fully saturated rings. The van der Waals surface area contributed by atoms with Crippen molar-refractivity contribution in [2.24, 2.45) is 11.8 Å². The van der Waals surface area contributed by atoms with Crippen LogP contribution in [-0.2, 0) is 16.0 Å². The first-order chi connectivity index (χ1) is 14.1. The number of hydrogen-bond acceptors (Lipinski definition) is 3. The highest BCUT2D eigenvalue weighted by Crippen LogP contribution is 2.29. The minimum Gasteiger partial charge on any atom is -0.494 e. The number of rotatable bonds is 9. The van der Waals surface area contributed by atoms with Crippen LogP contribution in [0.15, 0.2) is 48.5 Å². The highest BCUT2D eigenvalue weighted by molar-refractivity contribution is 6.03. The van der Waals surface area contributed by atoms with E-state index in [4.69, 9.17) is 4.74 Å². The summed E-state index contributed by atoms with van der Waals surface area (Å²) < 4.78 is 5.72. The lowest BCUT2D eigenvalue weighted by Crippen LogP contribution is -2.31. The summed E-state index contributed by atoms with van der Waals surface area (Å²) in [6.07, 6.45) is 5.85. The van der Waals surface area contributed by atoms with Gasteiger partial charge in [-0.1, -0.05) is 63.1 Å². The van der Waals surface area contributed by atoms with E-state index in [0.717, 1.165) is 61.2 Å². The zero-order chi connectivity index (χ0) is 20.6. The second-order valence-corrected chi connectivity index (χ2v) is 8.14. The Balaban J connectivity index is 1.57. The molecule has 0 spiro atoms. The monoisotopic (exact) mass is 392 g/mol. The molecule has 1 saturated carbocycles. The highest BCUT2D eigenvalue weighted by atomic mass is 16.5. The standard InChI is InChI=1S/C26H32O3/c1-3-5-16-29-23-13-11-22(12-14-23)21-9-6-20(7-10-21)18-26(28)24-15-8-19(4-2)17-25(24)27/h6-7,9-14,19,24H,3-5,8,15-18H2,1-2H3. The predicted molar refractivity (Wildman–Crippen MR) is 117 cm³/mol. The SMILES string of the molecule is CCCCOc1ccc(-c2ccc(CC(=O)C3CCC(CC)CC3=O)cc2)cc1. The van der Waals surface area contributed by atoms with Crippen LogP contribution in [0.3, 0.4) is 0 Å². The lowest BCUT2D eigenvalue weighted by molar-refractivity contribution is -0.135. The molecule has 3 rings (SSSR count).